The molecule has 2 aromatic rings. The molecule has 0 bridgehead atoms. The molecule has 2 aromatic carbocycles. The number of hydrogen-bond donors (Lipinski definition) is 3. The molecule has 0 aliphatic carbocycles. The number of nitrogen functional groups attached to an aromatic ring is 1. The highest BCUT2D eigenvalue weighted by Crippen LogP contribution is 2.21. The van der Waals surface area contributed by atoms with Crippen LogP contribution in [0.15, 0.2) is 36.4 Å². The molecule has 26 heavy (non-hydrogen) atoms. The predicted molar refractivity (Wildman–Crippen MR) is 102 cm³/mol. The van der Waals surface area contributed by atoms with Gasteiger partial charge in [0, 0.05) is 42.5 Å². The molecule has 0 atom stereocenters. The van der Waals surface area contributed by atoms with Crippen molar-refractivity contribution >= 4 is 34.6 Å². The summed E-state index contributed by atoms with van der Waals surface area (Å²) in [6.45, 7) is 6.40. The second-order valence-electron chi connectivity index (χ2n) is 5.69. The molecule has 8 nitrogen and oxygen atoms in total. The predicted octanol–water partition coefficient (Wildman–Crippen LogP) is 3.40. The van der Waals surface area contributed by atoms with Gasteiger partial charge in [-0.1, -0.05) is 0 Å². The van der Waals surface area contributed by atoms with Crippen molar-refractivity contribution in [2.75, 3.05) is 16.4 Å². The first kappa shape index (κ1) is 20.6. The number of nitro benzene ring substituents is 1. The molecular weight excluding hydrogens is 336 g/mol. The van der Waals surface area contributed by atoms with Crippen molar-refractivity contribution in [1.82, 2.24) is 0 Å². The Balaban J connectivity index is 0.000000263. The van der Waals surface area contributed by atoms with E-state index >= 15 is 0 Å². The monoisotopic (exact) mass is 358 g/mol. The van der Waals surface area contributed by atoms with Crippen LogP contribution in [0.1, 0.15) is 25.0 Å². The van der Waals surface area contributed by atoms with E-state index in [1.165, 1.54) is 26.0 Å². The Hall–Kier alpha value is -3.42. The number of nitro groups is 1. The smallest absolute Gasteiger partial charge is 0.272 e. The van der Waals surface area contributed by atoms with Gasteiger partial charge in [-0.25, -0.2) is 0 Å². The zero-order valence-electron chi connectivity index (χ0n) is 15.1. The number of benzene rings is 2. The van der Waals surface area contributed by atoms with Crippen molar-refractivity contribution in [2.45, 2.75) is 27.7 Å². The van der Waals surface area contributed by atoms with Gasteiger partial charge in [0.1, 0.15) is 0 Å². The van der Waals surface area contributed by atoms with Crippen LogP contribution in [0.4, 0.5) is 22.7 Å². The van der Waals surface area contributed by atoms with Crippen LogP contribution >= 0.6 is 0 Å². The topological polar surface area (TPSA) is 127 Å². The summed E-state index contributed by atoms with van der Waals surface area (Å²) < 4.78 is 0. The first-order valence-corrected chi connectivity index (χ1v) is 7.76. The second kappa shape index (κ2) is 9.16. The van der Waals surface area contributed by atoms with Crippen molar-refractivity contribution < 1.29 is 14.5 Å². The van der Waals surface area contributed by atoms with E-state index < -0.39 is 4.92 Å². The van der Waals surface area contributed by atoms with E-state index in [0.29, 0.717) is 11.3 Å². The van der Waals surface area contributed by atoms with E-state index in [0.717, 1.165) is 16.9 Å². The number of carbonyl (C=O) groups excluding carboxylic acids is 2. The molecule has 2 rings (SSSR count). The van der Waals surface area contributed by atoms with Gasteiger partial charge in [0.25, 0.3) is 5.69 Å². The molecule has 138 valence electrons. The van der Waals surface area contributed by atoms with E-state index in [4.69, 9.17) is 5.73 Å². The lowest BCUT2D eigenvalue weighted by atomic mass is 10.2. The largest absolute Gasteiger partial charge is 0.399 e. The standard InChI is InChI=1S/C9H10N2O3.C9H12N2O/c1-6-5-8(10-7(2)12)3-4-9(6)11(13)14;1-6-5-8(11-7(2)12)3-4-9(6)10/h3-5H,1-2H3,(H,10,12);3-5H,10H2,1-2H3,(H,11,12). The second-order valence-corrected chi connectivity index (χ2v) is 5.69. The SMILES string of the molecule is CC(=O)Nc1ccc(N)c(C)c1.CC(=O)Nc1ccc([N+](=O)[O-])c(C)c1. The third kappa shape index (κ3) is 6.60. The van der Waals surface area contributed by atoms with Crippen molar-refractivity contribution in [3.05, 3.63) is 57.6 Å². The molecular formula is C18H22N4O4. The van der Waals surface area contributed by atoms with Crippen molar-refractivity contribution in [2.24, 2.45) is 0 Å². The molecule has 0 saturated carbocycles. The Labute approximate surface area is 151 Å². The molecule has 0 aliphatic rings. The number of rotatable bonds is 3. The number of carbonyl (C=O) groups is 2. The van der Waals surface area contributed by atoms with Crippen molar-refractivity contribution in [3.63, 3.8) is 0 Å². The third-order valence-corrected chi connectivity index (χ3v) is 3.30. The van der Waals surface area contributed by atoms with Gasteiger partial charge in [0.2, 0.25) is 11.8 Å². The van der Waals surface area contributed by atoms with Gasteiger partial charge in [0.15, 0.2) is 0 Å². The van der Waals surface area contributed by atoms with Crippen LogP contribution in [-0.2, 0) is 9.59 Å². The number of hydrogen-bond acceptors (Lipinski definition) is 5. The minimum absolute atomic E-state index is 0.0547. The van der Waals surface area contributed by atoms with Gasteiger partial charge in [-0.05, 0) is 49.7 Å². The van der Waals surface area contributed by atoms with E-state index in [2.05, 4.69) is 10.6 Å². The lowest BCUT2D eigenvalue weighted by Crippen LogP contribution is -2.06. The van der Waals surface area contributed by atoms with Crippen LogP contribution in [0.5, 0.6) is 0 Å². The Morgan fingerprint density at radius 1 is 0.923 bits per heavy atom. The van der Waals surface area contributed by atoms with E-state index in [-0.39, 0.29) is 17.5 Å². The molecule has 8 heteroatoms. The minimum atomic E-state index is -0.452. The fourth-order valence-corrected chi connectivity index (χ4v) is 2.10. The summed E-state index contributed by atoms with van der Waals surface area (Å²) in [6.07, 6.45) is 0. The van der Waals surface area contributed by atoms with Crippen LogP contribution in [-0.4, -0.2) is 16.7 Å². The first-order valence-electron chi connectivity index (χ1n) is 7.76. The Bertz CT molecular complexity index is 834. The fourth-order valence-electron chi connectivity index (χ4n) is 2.10. The maximum absolute atomic E-state index is 10.7. The summed E-state index contributed by atoms with van der Waals surface area (Å²) in [4.78, 5) is 31.4. The van der Waals surface area contributed by atoms with Gasteiger partial charge < -0.3 is 16.4 Å². The quantitative estimate of drug-likeness (QED) is 0.440. The number of nitrogens with zero attached hydrogens (tertiary/aromatic N) is 1. The average molecular weight is 358 g/mol. The minimum Gasteiger partial charge on any atom is -0.399 e. The van der Waals surface area contributed by atoms with Crippen molar-refractivity contribution in [3.8, 4) is 0 Å². The zero-order valence-corrected chi connectivity index (χ0v) is 15.1. The van der Waals surface area contributed by atoms with Gasteiger partial charge >= 0.3 is 0 Å². The van der Waals surface area contributed by atoms with Crippen LogP contribution in [0.3, 0.4) is 0 Å². The molecule has 2 amide bonds. The molecule has 0 aliphatic heterocycles. The maximum atomic E-state index is 10.7. The van der Waals surface area contributed by atoms with E-state index in [1.807, 2.05) is 13.0 Å². The molecule has 0 aromatic heterocycles. The van der Waals surface area contributed by atoms with Crippen LogP contribution in [0.2, 0.25) is 0 Å². The van der Waals surface area contributed by atoms with Gasteiger partial charge in [0.05, 0.1) is 4.92 Å². The van der Waals surface area contributed by atoms with Crippen LogP contribution in [0.25, 0.3) is 0 Å². The molecule has 0 fully saturated rings. The third-order valence-electron chi connectivity index (χ3n) is 3.30. The summed E-state index contributed by atoms with van der Waals surface area (Å²) in [6, 6.07) is 9.85. The van der Waals surface area contributed by atoms with Gasteiger partial charge in [-0.3, -0.25) is 19.7 Å². The number of nitrogens with two attached hydrogens (primary N) is 1. The Morgan fingerprint density at radius 3 is 1.77 bits per heavy atom. The summed E-state index contributed by atoms with van der Waals surface area (Å²) >= 11 is 0. The summed E-state index contributed by atoms with van der Waals surface area (Å²) in [5.74, 6) is -0.266. The lowest BCUT2D eigenvalue weighted by molar-refractivity contribution is -0.385. The Kier molecular flexibility index (Phi) is 7.27. The van der Waals surface area contributed by atoms with E-state index in [1.54, 1.807) is 25.1 Å². The normalized spacial score (nSPS) is 9.54. The molecule has 0 heterocycles. The number of aryl methyl sites for hydroxylation is 2. The highest BCUT2D eigenvalue weighted by atomic mass is 16.6. The highest BCUT2D eigenvalue weighted by Gasteiger charge is 2.10. The number of anilines is 3. The van der Waals surface area contributed by atoms with Crippen LogP contribution in [0, 0.1) is 24.0 Å². The fraction of sp³-hybridized carbons (Fsp3) is 0.222. The number of amides is 2. The highest BCUT2D eigenvalue weighted by molar-refractivity contribution is 5.89. The molecule has 0 radical (unpaired) electrons. The summed E-state index contributed by atoms with van der Waals surface area (Å²) in [5, 5.41) is 15.7. The van der Waals surface area contributed by atoms with Crippen LogP contribution < -0.4 is 16.4 Å². The van der Waals surface area contributed by atoms with Gasteiger partial charge in [-0.15, -0.1) is 0 Å². The average Bonchev–Trinajstić information content (AvgIpc) is 2.50. The number of nitrogens with one attached hydrogen (secondary N) is 2. The zero-order chi connectivity index (χ0) is 19.9. The summed E-state index contributed by atoms with van der Waals surface area (Å²) in [5.41, 5.74) is 9.26. The molecule has 4 N–H and O–H groups in total. The molecule has 0 unspecified atom stereocenters. The van der Waals surface area contributed by atoms with Gasteiger partial charge in [-0.2, -0.15) is 0 Å². The van der Waals surface area contributed by atoms with E-state index in [9.17, 15) is 19.7 Å². The summed E-state index contributed by atoms with van der Waals surface area (Å²) in [7, 11) is 0. The Morgan fingerprint density at radius 2 is 1.38 bits per heavy atom. The maximum Gasteiger partial charge on any atom is 0.272 e. The molecule has 0 spiro atoms. The first-order chi connectivity index (χ1) is 12.1. The lowest BCUT2D eigenvalue weighted by Gasteiger charge is -2.04. The van der Waals surface area contributed by atoms with Crippen molar-refractivity contribution in [1.29, 1.82) is 0 Å². The molecule has 0 saturated heterocycles.